The Morgan fingerprint density at radius 2 is 1.06 bits per heavy atom. The average molecular weight is 494 g/mol. The number of ether oxygens (including phenoxy) is 3. The van der Waals surface area contributed by atoms with Crippen molar-refractivity contribution in [3.63, 3.8) is 0 Å². The SMILES string of the molecule is O=C(OCC(OC(=O)c1ccccc1)C(OC(=O)c1ccccc1)C(O)C(O)CO)c1ccccc1. The van der Waals surface area contributed by atoms with Crippen LogP contribution < -0.4 is 0 Å². The van der Waals surface area contributed by atoms with Crippen molar-refractivity contribution in [2.24, 2.45) is 0 Å². The average Bonchev–Trinajstić information content (AvgIpc) is 2.94. The van der Waals surface area contributed by atoms with Gasteiger partial charge in [-0.05, 0) is 36.4 Å². The van der Waals surface area contributed by atoms with Crippen LogP contribution in [0, 0.1) is 0 Å². The first kappa shape index (κ1) is 26.6. The van der Waals surface area contributed by atoms with Crippen molar-refractivity contribution in [2.45, 2.75) is 24.4 Å². The van der Waals surface area contributed by atoms with E-state index in [0.717, 1.165) is 0 Å². The number of rotatable bonds is 11. The first-order valence-corrected chi connectivity index (χ1v) is 11.1. The Balaban J connectivity index is 1.89. The van der Waals surface area contributed by atoms with Gasteiger partial charge in [-0.1, -0.05) is 54.6 Å². The normalized spacial score (nSPS) is 14.1. The molecular weight excluding hydrogens is 468 g/mol. The third-order valence-corrected chi connectivity index (χ3v) is 5.19. The first-order valence-electron chi connectivity index (χ1n) is 11.1. The van der Waals surface area contributed by atoms with E-state index in [1.165, 1.54) is 36.4 Å². The summed E-state index contributed by atoms with van der Waals surface area (Å²) in [5.74, 6) is -2.48. The molecule has 0 aromatic heterocycles. The van der Waals surface area contributed by atoms with Gasteiger partial charge < -0.3 is 29.5 Å². The predicted octanol–water partition coefficient (Wildman–Crippen LogP) is 2.01. The smallest absolute Gasteiger partial charge is 0.338 e. The Hall–Kier alpha value is -4.05. The number of hydrogen-bond donors (Lipinski definition) is 3. The molecule has 0 spiro atoms. The molecule has 9 nitrogen and oxygen atoms in total. The molecule has 0 aliphatic heterocycles. The molecule has 0 aliphatic rings. The number of benzene rings is 3. The van der Waals surface area contributed by atoms with E-state index < -0.39 is 55.5 Å². The van der Waals surface area contributed by atoms with Gasteiger partial charge in [0.1, 0.15) is 18.8 Å². The van der Waals surface area contributed by atoms with Crippen LogP contribution in [0.5, 0.6) is 0 Å². The molecule has 0 saturated carbocycles. The summed E-state index contributed by atoms with van der Waals surface area (Å²) in [6, 6.07) is 23.7. The number of aliphatic hydroxyl groups excluding tert-OH is 3. The Bertz CT molecular complexity index is 1120. The van der Waals surface area contributed by atoms with Gasteiger partial charge >= 0.3 is 17.9 Å². The van der Waals surface area contributed by atoms with Crippen LogP contribution in [0.3, 0.4) is 0 Å². The van der Waals surface area contributed by atoms with Crippen LogP contribution in [0.4, 0.5) is 0 Å². The van der Waals surface area contributed by atoms with Gasteiger partial charge in [0.25, 0.3) is 0 Å². The van der Waals surface area contributed by atoms with Gasteiger partial charge in [-0.15, -0.1) is 0 Å². The van der Waals surface area contributed by atoms with E-state index in [1.54, 1.807) is 54.6 Å². The summed E-state index contributed by atoms with van der Waals surface area (Å²) in [7, 11) is 0. The lowest BCUT2D eigenvalue weighted by Crippen LogP contribution is -2.51. The van der Waals surface area contributed by atoms with Crippen molar-refractivity contribution in [3.8, 4) is 0 Å². The summed E-state index contributed by atoms with van der Waals surface area (Å²) >= 11 is 0. The second kappa shape index (κ2) is 13.1. The Morgan fingerprint density at radius 1 is 0.639 bits per heavy atom. The van der Waals surface area contributed by atoms with E-state index >= 15 is 0 Å². The highest BCUT2D eigenvalue weighted by atomic mass is 16.6. The topological polar surface area (TPSA) is 140 Å². The fourth-order valence-corrected chi connectivity index (χ4v) is 3.25. The van der Waals surface area contributed by atoms with Crippen LogP contribution in [0.25, 0.3) is 0 Å². The highest BCUT2D eigenvalue weighted by Gasteiger charge is 2.39. The molecule has 0 heterocycles. The fraction of sp³-hybridized carbons (Fsp3) is 0.222. The monoisotopic (exact) mass is 494 g/mol. The summed E-state index contributed by atoms with van der Waals surface area (Å²) in [5, 5.41) is 30.2. The van der Waals surface area contributed by atoms with Crippen molar-refractivity contribution >= 4 is 17.9 Å². The minimum Gasteiger partial charge on any atom is -0.458 e. The molecule has 3 rings (SSSR count). The molecule has 0 fully saturated rings. The van der Waals surface area contributed by atoms with E-state index in [-0.39, 0.29) is 16.7 Å². The van der Waals surface area contributed by atoms with E-state index in [0.29, 0.717) is 0 Å². The van der Waals surface area contributed by atoms with Crippen molar-refractivity contribution in [1.82, 2.24) is 0 Å². The van der Waals surface area contributed by atoms with Crippen LogP contribution in [0.2, 0.25) is 0 Å². The standard InChI is InChI=1S/C27H26O9/c28-16-21(29)23(30)24(36-27(33)20-14-8-3-9-15-20)22(35-26(32)19-12-6-2-7-13-19)17-34-25(31)18-10-4-1-5-11-18/h1-15,21-24,28-30H,16-17H2. The lowest BCUT2D eigenvalue weighted by Gasteiger charge is -2.31. The van der Waals surface area contributed by atoms with Crippen LogP contribution in [0.15, 0.2) is 91.0 Å². The minimum atomic E-state index is -1.88. The number of aliphatic hydroxyl groups is 3. The first-order chi connectivity index (χ1) is 17.4. The van der Waals surface area contributed by atoms with E-state index in [9.17, 15) is 29.7 Å². The molecule has 9 heteroatoms. The molecule has 36 heavy (non-hydrogen) atoms. The van der Waals surface area contributed by atoms with Gasteiger partial charge in [-0.2, -0.15) is 0 Å². The van der Waals surface area contributed by atoms with Crippen molar-refractivity contribution < 1.29 is 43.9 Å². The van der Waals surface area contributed by atoms with E-state index in [1.807, 2.05) is 0 Å². The highest BCUT2D eigenvalue weighted by Crippen LogP contribution is 2.18. The molecule has 4 unspecified atom stereocenters. The summed E-state index contributed by atoms with van der Waals surface area (Å²) in [6.07, 6.45) is -6.86. The zero-order valence-electron chi connectivity index (χ0n) is 19.2. The van der Waals surface area contributed by atoms with E-state index in [2.05, 4.69) is 0 Å². The Morgan fingerprint density at radius 3 is 1.50 bits per heavy atom. The third-order valence-electron chi connectivity index (χ3n) is 5.19. The van der Waals surface area contributed by atoms with E-state index in [4.69, 9.17) is 14.2 Å². The molecule has 188 valence electrons. The highest BCUT2D eigenvalue weighted by molar-refractivity contribution is 5.91. The molecule has 0 aliphatic carbocycles. The molecule has 0 amide bonds. The van der Waals surface area contributed by atoms with Crippen molar-refractivity contribution in [2.75, 3.05) is 13.2 Å². The summed E-state index contributed by atoms with van der Waals surface area (Å²) in [5.41, 5.74) is 0.504. The molecule has 4 atom stereocenters. The molecule has 3 aromatic rings. The van der Waals surface area contributed by atoms with Crippen LogP contribution in [-0.4, -0.2) is 70.9 Å². The van der Waals surface area contributed by atoms with Gasteiger partial charge in [0.05, 0.1) is 23.3 Å². The van der Waals surface area contributed by atoms with Gasteiger partial charge in [0.15, 0.2) is 12.2 Å². The number of carbonyl (C=O) groups is 3. The molecule has 0 radical (unpaired) electrons. The number of hydrogen-bond acceptors (Lipinski definition) is 9. The van der Waals surface area contributed by atoms with Gasteiger partial charge in [-0.3, -0.25) is 0 Å². The second-order valence-corrected chi connectivity index (χ2v) is 7.75. The number of esters is 3. The second-order valence-electron chi connectivity index (χ2n) is 7.75. The summed E-state index contributed by atoms with van der Waals surface area (Å²) in [4.78, 5) is 38.1. The fourth-order valence-electron chi connectivity index (χ4n) is 3.25. The van der Waals surface area contributed by atoms with Crippen molar-refractivity contribution in [1.29, 1.82) is 0 Å². The molecule has 3 N–H and O–H groups in total. The van der Waals surface area contributed by atoms with Crippen LogP contribution >= 0.6 is 0 Å². The van der Waals surface area contributed by atoms with Gasteiger partial charge in [-0.25, -0.2) is 14.4 Å². The van der Waals surface area contributed by atoms with Crippen LogP contribution in [0.1, 0.15) is 31.1 Å². The summed E-state index contributed by atoms with van der Waals surface area (Å²) < 4.78 is 16.2. The zero-order chi connectivity index (χ0) is 25.9. The predicted molar refractivity (Wildman–Crippen MR) is 127 cm³/mol. The zero-order valence-corrected chi connectivity index (χ0v) is 19.2. The molecular formula is C27H26O9. The maximum absolute atomic E-state index is 12.8. The van der Waals surface area contributed by atoms with Gasteiger partial charge in [0.2, 0.25) is 0 Å². The molecule has 0 bridgehead atoms. The number of carbonyl (C=O) groups excluding carboxylic acids is 3. The largest absolute Gasteiger partial charge is 0.458 e. The summed E-state index contributed by atoms with van der Waals surface area (Å²) in [6.45, 7) is -1.49. The lowest BCUT2D eigenvalue weighted by atomic mass is 10.0. The maximum Gasteiger partial charge on any atom is 0.338 e. The maximum atomic E-state index is 12.8. The minimum absolute atomic E-state index is 0.127. The van der Waals surface area contributed by atoms with Crippen molar-refractivity contribution in [3.05, 3.63) is 108 Å². The quantitative estimate of drug-likeness (QED) is 0.270. The van der Waals surface area contributed by atoms with Gasteiger partial charge in [0, 0.05) is 0 Å². The third kappa shape index (κ3) is 7.22. The lowest BCUT2D eigenvalue weighted by molar-refractivity contribution is -0.132. The molecule has 3 aromatic carbocycles. The molecule has 0 saturated heterocycles. The Labute approximate surface area is 207 Å². The van der Waals surface area contributed by atoms with Crippen LogP contribution in [-0.2, 0) is 14.2 Å². The Kier molecular flexibility index (Phi) is 9.70.